The molecule has 0 aliphatic carbocycles. The number of carbonyl (C=O) groups excluding carboxylic acids is 1. The van der Waals surface area contributed by atoms with Crippen molar-refractivity contribution in [3.05, 3.63) is 36.3 Å². The molecule has 2 aromatic rings. The first kappa shape index (κ1) is 11.1. The fraction of sp³-hybridized carbons (Fsp3) is 0.0833. The summed E-state index contributed by atoms with van der Waals surface area (Å²) in [4.78, 5) is 19.0. The van der Waals surface area contributed by atoms with Crippen LogP contribution in [0.15, 0.2) is 35.6 Å². The first-order valence-corrected chi connectivity index (χ1v) is 5.13. The molecule has 0 fully saturated rings. The first-order valence-electron chi connectivity index (χ1n) is 5.13. The number of aromatic nitrogens is 2. The van der Waals surface area contributed by atoms with Crippen molar-refractivity contribution in [1.82, 2.24) is 9.55 Å². The highest BCUT2D eigenvalue weighted by Crippen LogP contribution is 2.22. The number of nitrogens with two attached hydrogens (primary N) is 1. The van der Waals surface area contributed by atoms with Crippen LogP contribution in [-0.4, -0.2) is 22.1 Å². The number of nitrogen functional groups attached to an aromatic ring is 1. The standard InChI is InChI=1S/C12H12N4O/c1-2-14-12-11(7-17)15-8-16(12)10-5-3-9(13)4-6-10/h2-8H,13H2,1H3/b14-2-. The Labute approximate surface area is 98.6 Å². The molecule has 1 aromatic heterocycles. The molecule has 0 atom stereocenters. The minimum absolute atomic E-state index is 0.319. The van der Waals surface area contributed by atoms with E-state index in [4.69, 9.17) is 5.73 Å². The number of hydrogen-bond donors (Lipinski definition) is 1. The average molecular weight is 228 g/mol. The molecule has 1 heterocycles. The van der Waals surface area contributed by atoms with Gasteiger partial charge in [0.25, 0.3) is 0 Å². The number of aliphatic imine (C=N–C) groups is 1. The van der Waals surface area contributed by atoms with Crippen LogP contribution in [-0.2, 0) is 0 Å². The van der Waals surface area contributed by atoms with Gasteiger partial charge in [-0.1, -0.05) is 0 Å². The molecule has 2 N–H and O–H groups in total. The Morgan fingerprint density at radius 2 is 2.06 bits per heavy atom. The fourth-order valence-corrected chi connectivity index (χ4v) is 1.51. The Bertz CT molecular complexity index is 554. The van der Waals surface area contributed by atoms with Crippen molar-refractivity contribution in [1.29, 1.82) is 0 Å². The molecule has 0 saturated heterocycles. The third-order valence-corrected chi connectivity index (χ3v) is 2.30. The van der Waals surface area contributed by atoms with E-state index in [-0.39, 0.29) is 0 Å². The zero-order valence-corrected chi connectivity index (χ0v) is 9.37. The van der Waals surface area contributed by atoms with Crippen molar-refractivity contribution in [2.45, 2.75) is 6.92 Å². The van der Waals surface area contributed by atoms with Gasteiger partial charge < -0.3 is 5.73 Å². The van der Waals surface area contributed by atoms with E-state index < -0.39 is 0 Å². The van der Waals surface area contributed by atoms with Crippen LogP contribution in [0, 0.1) is 0 Å². The second kappa shape index (κ2) is 4.61. The summed E-state index contributed by atoms with van der Waals surface area (Å²) < 4.78 is 1.74. The normalized spacial score (nSPS) is 10.9. The van der Waals surface area contributed by atoms with Crippen molar-refractivity contribution >= 4 is 24.0 Å². The quantitative estimate of drug-likeness (QED) is 0.496. The van der Waals surface area contributed by atoms with Crippen LogP contribution in [0.5, 0.6) is 0 Å². The molecule has 0 spiro atoms. The van der Waals surface area contributed by atoms with Gasteiger partial charge in [0, 0.05) is 17.6 Å². The lowest BCUT2D eigenvalue weighted by Crippen LogP contribution is -1.93. The highest BCUT2D eigenvalue weighted by molar-refractivity contribution is 5.81. The highest BCUT2D eigenvalue weighted by atomic mass is 16.1. The van der Waals surface area contributed by atoms with Gasteiger partial charge in [0.2, 0.25) is 0 Å². The van der Waals surface area contributed by atoms with E-state index in [2.05, 4.69) is 9.98 Å². The summed E-state index contributed by atoms with van der Waals surface area (Å²) in [5.74, 6) is 0.521. The summed E-state index contributed by atoms with van der Waals surface area (Å²) in [6, 6.07) is 7.27. The third kappa shape index (κ3) is 2.08. The molecule has 17 heavy (non-hydrogen) atoms. The zero-order valence-electron chi connectivity index (χ0n) is 9.37. The molecular weight excluding hydrogens is 216 g/mol. The van der Waals surface area contributed by atoms with Crippen LogP contribution < -0.4 is 5.73 Å². The molecule has 5 nitrogen and oxygen atoms in total. The Balaban J connectivity index is 2.55. The van der Waals surface area contributed by atoms with E-state index in [1.165, 1.54) is 0 Å². The van der Waals surface area contributed by atoms with Crippen LogP contribution in [0.1, 0.15) is 17.4 Å². The van der Waals surface area contributed by atoms with Crippen LogP contribution in [0.25, 0.3) is 5.69 Å². The number of benzene rings is 1. The van der Waals surface area contributed by atoms with Crippen LogP contribution in [0.4, 0.5) is 11.5 Å². The van der Waals surface area contributed by atoms with Crippen molar-refractivity contribution in [2.24, 2.45) is 4.99 Å². The van der Waals surface area contributed by atoms with E-state index in [9.17, 15) is 4.79 Å². The van der Waals surface area contributed by atoms with Gasteiger partial charge in [-0.2, -0.15) is 0 Å². The van der Waals surface area contributed by atoms with Crippen molar-refractivity contribution in [3.63, 3.8) is 0 Å². The summed E-state index contributed by atoms with van der Waals surface area (Å²) in [6.45, 7) is 1.79. The van der Waals surface area contributed by atoms with Gasteiger partial charge in [-0.15, -0.1) is 0 Å². The molecule has 0 radical (unpaired) electrons. The van der Waals surface area contributed by atoms with Crippen LogP contribution in [0.3, 0.4) is 0 Å². The predicted octanol–water partition coefficient (Wildman–Crippen LogP) is 1.99. The summed E-state index contributed by atoms with van der Waals surface area (Å²) in [5.41, 5.74) is 7.49. The van der Waals surface area contributed by atoms with Crippen molar-refractivity contribution < 1.29 is 4.79 Å². The predicted molar refractivity (Wildman–Crippen MR) is 67.2 cm³/mol. The largest absolute Gasteiger partial charge is 0.399 e. The maximum atomic E-state index is 10.8. The van der Waals surface area contributed by atoms with Gasteiger partial charge >= 0.3 is 0 Å². The summed E-state index contributed by atoms with van der Waals surface area (Å²) in [6.07, 6.45) is 3.88. The minimum Gasteiger partial charge on any atom is -0.399 e. The lowest BCUT2D eigenvalue weighted by molar-refractivity contribution is 0.112. The lowest BCUT2D eigenvalue weighted by atomic mass is 10.3. The molecule has 5 heteroatoms. The maximum absolute atomic E-state index is 10.8. The Morgan fingerprint density at radius 3 is 2.65 bits per heavy atom. The molecule has 0 saturated carbocycles. The van der Waals surface area contributed by atoms with Gasteiger partial charge in [-0.3, -0.25) is 9.36 Å². The van der Waals surface area contributed by atoms with Gasteiger partial charge in [0.1, 0.15) is 12.0 Å². The van der Waals surface area contributed by atoms with Crippen LogP contribution >= 0.6 is 0 Å². The number of hydrogen-bond acceptors (Lipinski definition) is 4. The Hall–Kier alpha value is -2.43. The van der Waals surface area contributed by atoms with Gasteiger partial charge in [0.05, 0.1) is 0 Å². The number of rotatable bonds is 3. The molecule has 0 unspecified atom stereocenters. The number of anilines is 1. The smallest absolute Gasteiger partial charge is 0.172 e. The maximum Gasteiger partial charge on any atom is 0.172 e. The van der Waals surface area contributed by atoms with Crippen molar-refractivity contribution in [3.8, 4) is 5.69 Å². The molecule has 0 amide bonds. The second-order valence-electron chi connectivity index (χ2n) is 3.42. The average Bonchev–Trinajstić information content (AvgIpc) is 2.74. The number of imidazole rings is 1. The van der Waals surface area contributed by atoms with E-state index in [1.54, 1.807) is 36.2 Å². The highest BCUT2D eigenvalue weighted by Gasteiger charge is 2.09. The summed E-state index contributed by atoms with van der Waals surface area (Å²) >= 11 is 0. The van der Waals surface area contributed by atoms with Gasteiger partial charge in [-0.05, 0) is 31.2 Å². The molecular formula is C12H12N4O. The van der Waals surface area contributed by atoms with E-state index >= 15 is 0 Å². The fourth-order valence-electron chi connectivity index (χ4n) is 1.51. The molecule has 2 rings (SSSR count). The first-order chi connectivity index (χ1) is 8.26. The van der Waals surface area contributed by atoms with E-state index in [0.29, 0.717) is 23.5 Å². The molecule has 1 aromatic carbocycles. The van der Waals surface area contributed by atoms with Crippen molar-refractivity contribution in [2.75, 3.05) is 5.73 Å². The third-order valence-electron chi connectivity index (χ3n) is 2.30. The van der Waals surface area contributed by atoms with E-state index in [0.717, 1.165) is 5.69 Å². The molecule has 86 valence electrons. The zero-order chi connectivity index (χ0) is 12.3. The van der Waals surface area contributed by atoms with Gasteiger partial charge in [0.15, 0.2) is 12.1 Å². The van der Waals surface area contributed by atoms with Crippen LogP contribution in [0.2, 0.25) is 0 Å². The number of nitrogens with zero attached hydrogens (tertiary/aromatic N) is 3. The SMILES string of the molecule is C/C=N\c1c(C=O)ncn1-c1ccc(N)cc1. The lowest BCUT2D eigenvalue weighted by Gasteiger charge is -2.05. The second-order valence-corrected chi connectivity index (χ2v) is 3.42. The van der Waals surface area contributed by atoms with Gasteiger partial charge in [-0.25, -0.2) is 9.98 Å². The Morgan fingerprint density at radius 1 is 1.35 bits per heavy atom. The Kier molecular flexibility index (Phi) is 3.00. The molecule has 0 aliphatic heterocycles. The van der Waals surface area contributed by atoms with E-state index in [1.807, 2.05) is 12.1 Å². The molecule has 0 bridgehead atoms. The topological polar surface area (TPSA) is 73.3 Å². The number of carbonyl (C=O) groups is 1. The summed E-state index contributed by atoms with van der Waals surface area (Å²) in [5, 5.41) is 0. The number of aldehydes is 1. The molecule has 0 aliphatic rings. The summed E-state index contributed by atoms with van der Waals surface area (Å²) in [7, 11) is 0. The monoisotopic (exact) mass is 228 g/mol. The minimum atomic E-state index is 0.319.